The minimum atomic E-state index is 0.156. The summed E-state index contributed by atoms with van der Waals surface area (Å²) in [6.07, 6.45) is 8.11. The lowest BCUT2D eigenvalue weighted by atomic mass is 9.99. The van der Waals surface area contributed by atoms with Crippen molar-refractivity contribution < 1.29 is 4.79 Å². The average Bonchev–Trinajstić information content (AvgIpc) is 3.28. The Bertz CT molecular complexity index is 865. The molecular formula is C20H24N4O. The van der Waals surface area contributed by atoms with E-state index in [1.165, 1.54) is 6.42 Å². The average molecular weight is 336 g/mol. The number of amides is 1. The molecule has 1 fully saturated rings. The van der Waals surface area contributed by atoms with Gasteiger partial charge in [0.1, 0.15) is 5.69 Å². The number of para-hydroxylation sites is 1. The number of carbonyl (C=O) groups is 1. The van der Waals surface area contributed by atoms with Crippen molar-refractivity contribution in [2.75, 3.05) is 6.54 Å². The zero-order valence-corrected chi connectivity index (χ0v) is 14.6. The molecule has 0 bridgehead atoms. The van der Waals surface area contributed by atoms with Crippen molar-refractivity contribution in [3.05, 3.63) is 54.5 Å². The highest BCUT2D eigenvalue weighted by atomic mass is 16.2. The second-order valence-electron chi connectivity index (χ2n) is 6.85. The normalized spacial score (nSPS) is 18.0. The number of nitrogens with zero attached hydrogens (tertiary/aromatic N) is 4. The molecule has 3 aromatic rings. The van der Waals surface area contributed by atoms with Gasteiger partial charge >= 0.3 is 0 Å². The van der Waals surface area contributed by atoms with Crippen LogP contribution < -0.4 is 0 Å². The molecule has 0 aliphatic carbocycles. The topological polar surface area (TPSA) is 43.1 Å². The first-order valence-electron chi connectivity index (χ1n) is 9.07. The van der Waals surface area contributed by atoms with Gasteiger partial charge in [0.2, 0.25) is 0 Å². The summed E-state index contributed by atoms with van der Waals surface area (Å²) in [5.74, 6) is 0.156. The van der Waals surface area contributed by atoms with Crippen LogP contribution in [0.4, 0.5) is 0 Å². The van der Waals surface area contributed by atoms with Crippen LogP contribution in [-0.4, -0.2) is 37.7 Å². The van der Waals surface area contributed by atoms with Crippen LogP contribution >= 0.6 is 0 Å². The van der Waals surface area contributed by atoms with E-state index in [-0.39, 0.29) is 5.91 Å². The number of carbonyl (C=O) groups excluding carboxylic acids is 1. The molecule has 25 heavy (non-hydrogen) atoms. The van der Waals surface area contributed by atoms with E-state index in [0.29, 0.717) is 6.04 Å². The first kappa shape index (κ1) is 15.9. The maximum Gasteiger partial charge on any atom is 0.270 e. The van der Waals surface area contributed by atoms with E-state index in [2.05, 4.69) is 22.1 Å². The van der Waals surface area contributed by atoms with E-state index in [0.717, 1.165) is 48.9 Å². The molecule has 1 amide bonds. The lowest BCUT2D eigenvalue weighted by Gasteiger charge is -2.36. The van der Waals surface area contributed by atoms with Crippen LogP contribution in [0, 0.1) is 0 Å². The van der Waals surface area contributed by atoms with Gasteiger partial charge in [-0.05, 0) is 43.9 Å². The third-order valence-corrected chi connectivity index (χ3v) is 5.31. The molecule has 3 heterocycles. The summed E-state index contributed by atoms with van der Waals surface area (Å²) in [7, 11) is 1.98. The Balaban J connectivity index is 1.56. The lowest BCUT2D eigenvalue weighted by Crippen LogP contribution is -2.44. The second kappa shape index (κ2) is 6.75. The molecule has 1 unspecified atom stereocenters. The molecule has 1 aliphatic rings. The summed E-state index contributed by atoms with van der Waals surface area (Å²) >= 11 is 0. The lowest BCUT2D eigenvalue weighted by molar-refractivity contribution is 0.0584. The number of aromatic nitrogens is 3. The zero-order chi connectivity index (χ0) is 17.2. The Morgan fingerprint density at radius 2 is 2.12 bits per heavy atom. The Labute approximate surface area is 147 Å². The van der Waals surface area contributed by atoms with Crippen LogP contribution in [0.3, 0.4) is 0 Å². The maximum atomic E-state index is 13.2. The van der Waals surface area contributed by atoms with E-state index in [9.17, 15) is 4.79 Å². The van der Waals surface area contributed by atoms with Crippen molar-refractivity contribution in [1.29, 1.82) is 0 Å². The Morgan fingerprint density at radius 3 is 2.92 bits per heavy atom. The quantitative estimate of drug-likeness (QED) is 0.732. The molecule has 4 rings (SSSR count). The number of benzene rings is 1. The predicted molar refractivity (Wildman–Crippen MR) is 98.4 cm³/mol. The van der Waals surface area contributed by atoms with E-state index in [4.69, 9.17) is 0 Å². The van der Waals surface area contributed by atoms with Gasteiger partial charge in [0.25, 0.3) is 5.91 Å². The molecule has 1 saturated heterocycles. The van der Waals surface area contributed by atoms with Gasteiger partial charge in [-0.2, -0.15) is 5.10 Å². The van der Waals surface area contributed by atoms with E-state index in [1.54, 1.807) is 6.20 Å². The molecule has 0 saturated carbocycles. The first-order chi connectivity index (χ1) is 12.2. The largest absolute Gasteiger partial charge is 0.340 e. The van der Waals surface area contributed by atoms with Crippen molar-refractivity contribution in [1.82, 2.24) is 19.2 Å². The van der Waals surface area contributed by atoms with E-state index in [1.807, 2.05) is 46.8 Å². The minimum Gasteiger partial charge on any atom is -0.340 e. The Morgan fingerprint density at radius 1 is 1.24 bits per heavy atom. The fourth-order valence-corrected chi connectivity index (χ4v) is 3.92. The van der Waals surface area contributed by atoms with Crippen LogP contribution in [-0.2, 0) is 13.6 Å². The highest BCUT2D eigenvalue weighted by molar-refractivity contribution is 5.98. The minimum absolute atomic E-state index is 0.156. The van der Waals surface area contributed by atoms with Gasteiger partial charge in [-0.3, -0.25) is 9.48 Å². The van der Waals surface area contributed by atoms with Crippen molar-refractivity contribution in [3.63, 3.8) is 0 Å². The number of aryl methyl sites for hydroxylation is 2. The Kier molecular flexibility index (Phi) is 4.30. The van der Waals surface area contributed by atoms with Crippen molar-refractivity contribution >= 4 is 16.8 Å². The summed E-state index contributed by atoms with van der Waals surface area (Å²) in [5.41, 5.74) is 1.89. The molecule has 2 aromatic heterocycles. The second-order valence-corrected chi connectivity index (χ2v) is 6.85. The van der Waals surface area contributed by atoms with Gasteiger partial charge in [-0.15, -0.1) is 0 Å². The zero-order valence-electron chi connectivity index (χ0n) is 14.6. The number of hydrogen-bond donors (Lipinski definition) is 0. The van der Waals surface area contributed by atoms with Crippen LogP contribution in [0.2, 0.25) is 0 Å². The van der Waals surface area contributed by atoms with Gasteiger partial charge in [0.05, 0.1) is 0 Å². The highest BCUT2D eigenvalue weighted by Gasteiger charge is 2.29. The first-order valence-corrected chi connectivity index (χ1v) is 9.07. The summed E-state index contributed by atoms with van der Waals surface area (Å²) in [6, 6.07) is 12.4. The molecule has 0 radical (unpaired) electrons. The van der Waals surface area contributed by atoms with Crippen LogP contribution in [0.25, 0.3) is 10.9 Å². The van der Waals surface area contributed by atoms with Crippen LogP contribution in [0.15, 0.2) is 48.8 Å². The van der Waals surface area contributed by atoms with Crippen LogP contribution in [0.5, 0.6) is 0 Å². The van der Waals surface area contributed by atoms with E-state index >= 15 is 0 Å². The number of rotatable bonds is 4. The molecule has 1 atom stereocenters. The highest BCUT2D eigenvalue weighted by Crippen LogP contribution is 2.25. The van der Waals surface area contributed by atoms with Gasteiger partial charge in [-0.1, -0.05) is 18.2 Å². The Hall–Kier alpha value is -2.56. The molecule has 5 nitrogen and oxygen atoms in total. The number of piperidine rings is 1. The third-order valence-electron chi connectivity index (χ3n) is 5.31. The van der Waals surface area contributed by atoms with Gasteiger partial charge < -0.3 is 9.47 Å². The van der Waals surface area contributed by atoms with Gasteiger partial charge in [0, 0.05) is 49.5 Å². The summed E-state index contributed by atoms with van der Waals surface area (Å²) in [5, 5.41) is 5.40. The third kappa shape index (κ3) is 3.06. The summed E-state index contributed by atoms with van der Waals surface area (Å²) in [6.45, 7) is 1.71. The SMILES string of the molecule is Cn1c(C(=O)N2CCCCC2CCn2cccn2)cc2ccccc21. The maximum absolute atomic E-state index is 13.2. The summed E-state index contributed by atoms with van der Waals surface area (Å²) in [4.78, 5) is 15.3. The van der Waals surface area contributed by atoms with Gasteiger partial charge in [0.15, 0.2) is 0 Å². The predicted octanol–water partition coefficient (Wildman–Crippen LogP) is 3.46. The van der Waals surface area contributed by atoms with E-state index < -0.39 is 0 Å². The smallest absolute Gasteiger partial charge is 0.270 e. The van der Waals surface area contributed by atoms with Gasteiger partial charge in [-0.25, -0.2) is 0 Å². The molecular weight excluding hydrogens is 312 g/mol. The fraction of sp³-hybridized carbons (Fsp3) is 0.400. The monoisotopic (exact) mass is 336 g/mol. The molecule has 5 heteroatoms. The van der Waals surface area contributed by atoms with Crippen molar-refractivity contribution in [2.45, 2.75) is 38.3 Å². The molecule has 130 valence electrons. The van der Waals surface area contributed by atoms with Crippen molar-refractivity contribution in [3.8, 4) is 0 Å². The summed E-state index contributed by atoms with van der Waals surface area (Å²) < 4.78 is 3.98. The molecule has 1 aromatic carbocycles. The molecule has 0 N–H and O–H groups in total. The molecule has 0 spiro atoms. The number of likely N-dealkylation sites (tertiary alicyclic amines) is 1. The standard InChI is InChI=1S/C20H24N4O/c1-22-18-9-3-2-7-16(18)15-19(22)20(25)24-13-5-4-8-17(24)10-14-23-12-6-11-21-23/h2-3,6-7,9,11-12,15,17H,4-5,8,10,13-14H2,1H3. The van der Waals surface area contributed by atoms with Crippen molar-refractivity contribution in [2.24, 2.45) is 7.05 Å². The fourth-order valence-electron chi connectivity index (χ4n) is 3.92. The van der Waals surface area contributed by atoms with Crippen LogP contribution in [0.1, 0.15) is 36.2 Å². The number of fused-ring (bicyclic) bond motifs is 1. The molecule has 1 aliphatic heterocycles. The number of hydrogen-bond acceptors (Lipinski definition) is 2.